The number of nitrogens with one attached hydrogen (secondary N) is 1. The average molecular weight is 341 g/mol. The van der Waals surface area contributed by atoms with Crippen molar-refractivity contribution in [1.82, 2.24) is 4.72 Å². The lowest BCUT2D eigenvalue weighted by atomic mass is 10.1. The average Bonchev–Trinajstić information content (AvgIpc) is 2.93. The maximum atomic E-state index is 13.7. The van der Waals surface area contributed by atoms with E-state index >= 15 is 0 Å². The first-order chi connectivity index (χ1) is 10.9. The first kappa shape index (κ1) is 15.7. The van der Waals surface area contributed by atoms with Crippen molar-refractivity contribution in [3.8, 4) is 11.5 Å². The van der Waals surface area contributed by atoms with Crippen LogP contribution in [0.5, 0.6) is 11.5 Å². The normalized spacial score (nSPS) is 14.7. The molecular formula is C15H13F2NO4S. The van der Waals surface area contributed by atoms with Crippen LogP contribution in [-0.2, 0) is 10.0 Å². The van der Waals surface area contributed by atoms with Crippen LogP contribution < -0.4 is 14.2 Å². The third kappa shape index (κ3) is 2.99. The van der Waals surface area contributed by atoms with Crippen LogP contribution in [0, 0.1) is 11.6 Å². The summed E-state index contributed by atoms with van der Waals surface area (Å²) < 4.78 is 64.5. The highest BCUT2D eigenvalue weighted by molar-refractivity contribution is 7.89. The number of rotatable bonds is 4. The number of sulfonamides is 1. The van der Waals surface area contributed by atoms with Crippen LogP contribution in [0.1, 0.15) is 18.5 Å². The second-order valence-corrected chi connectivity index (χ2v) is 6.66. The van der Waals surface area contributed by atoms with Gasteiger partial charge < -0.3 is 9.47 Å². The summed E-state index contributed by atoms with van der Waals surface area (Å²) in [5, 5.41) is 0. The molecule has 0 aromatic heterocycles. The van der Waals surface area contributed by atoms with E-state index in [4.69, 9.17) is 9.47 Å². The predicted molar refractivity (Wildman–Crippen MR) is 77.7 cm³/mol. The van der Waals surface area contributed by atoms with Gasteiger partial charge in [-0.2, -0.15) is 0 Å². The first-order valence-corrected chi connectivity index (χ1v) is 8.23. The van der Waals surface area contributed by atoms with Crippen molar-refractivity contribution in [3.05, 3.63) is 53.6 Å². The van der Waals surface area contributed by atoms with Crippen molar-refractivity contribution in [1.29, 1.82) is 0 Å². The smallest absolute Gasteiger partial charge is 0.246 e. The van der Waals surface area contributed by atoms with Gasteiger partial charge in [0.2, 0.25) is 16.8 Å². The second-order valence-electron chi connectivity index (χ2n) is 5.01. The zero-order valence-electron chi connectivity index (χ0n) is 12.0. The minimum absolute atomic E-state index is 0.0966. The van der Waals surface area contributed by atoms with Crippen molar-refractivity contribution < 1.29 is 26.7 Å². The standard InChI is InChI=1S/C15H13F2NO4S/c1-9(10-5-6-13-14(7-10)22-8-21-13)18-23(19,20)15-11(16)3-2-4-12(15)17/h2-7,9,18H,8H2,1H3. The van der Waals surface area contributed by atoms with E-state index in [9.17, 15) is 17.2 Å². The molecule has 1 aliphatic rings. The topological polar surface area (TPSA) is 64.6 Å². The monoisotopic (exact) mass is 341 g/mol. The van der Waals surface area contributed by atoms with Crippen LogP contribution in [0.15, 0.2) is 41.3 Å². The number of ether oxygens (including phenoxy) is 2. The predicted octanol–water partition coefficient (Wildman–Crippen LogP) is 2.73. The van der Waals surface area contributed by atoms with Crippen LogP contribution in [0.2, 0.25) is 0 Å². The highest BCUT2D eigenvalue weighted by atomic mass is 32.2. The molecule has 122 valence electrons. The molecule has 2 aromatic rings. The van der Waals surface area contributed by atoms with E-state index in [1.165, 1.54) is 0 Å². The Morgan fingerprint density at radius 3 is 2.43 bits per heavy atom. The maximum absolute atomic E-state index is 13.7. The number of benzene rings is 2. The van der Waals surface area contributed by atoms with E-state index in [1.807, 2.05) is 0 Å². The van der Waals surface area contributed by atoms with Crippen LogP contribution in [0.25, 0.3) is 0 Å². The summed E-state index contributed by atoms with van der Waals surface area (Å²) in [5.41, 5.74) is 0.578. The zero-order chi connectivity index (χ0) is 16.6. The van der Waals surface area contributed by atoms with Gasteiger partial charge in [0, 0.05) is 6.04 Å². The van der Waals surface area contributed by atoms with Gasteiger partial charge in [-0.25, -0.2) is 21.9 Å². The van der Waals surface area contributed by atoms with Crippen LogP contribution in [-0.4, -0.2) is 15.2 Å². The van der Waals surface area contributed by atoms with Crippen molar-refractivity contribution >= 4 is 10.0 Å². The van der Waals surface area contributed by atoms with Gasteiger partial charge >= 0.3 is 0 Å². The lowest BCUT2D eigenvalue weighted by Crippen LogP contribution is -2.28. The molecule has 3 rings (SSSR count). The minimum Gasteiger partial charge on any atom is -0.454 e. The van der Waals surface area contributed by atoms with Gasteiger partial charge in [0.25, 0.3) is 0 Å². The van der Waals surface area contributed by atoms with Gasteiger partial charge in [-0.1, -0.05) is 12.1 Å². The summed E-state index contributed by atoms with van der Waals surface area (Å²) in [5.74, 6) is -1.24. The van der Waals surface area contributed by atoms with Gasteiger partial charge in [-0.05, 0) is 36.8 Å². The Morgan fingerprint density at radius 2 is 1.74 bits per heavy atom. The Kier molecular flexibility index (Phi) is 3.95. The third-order valence-corrected chi connectivity index (χ3v) is 5.01. The Balaban J connectivity index is 1.88. The molecule has 0 saturated heterocycles. The Morgan fingerprint density at radius 1 is 1.09 bits per heavy atom. The Bertz CT molecular complexity index is 834. The molecule has 0 amide bonds. The van der Waals surface area contributed by atoms with Crippen LogP contribution >= 0.6 is 0 Å². The summed E-state index contributed by atoms with van der Waals surface area (Å²) in [6.07, 6.45) is 0. The summed E-state index contributed by atoms with van der Waals surface area (Å²) >= 11 is 0. The van der Waals surface area contributed by atoms with Crippen molar-refractivity contribution in [3.63, 3.8) is 0 Å². The fraction of sp³-hybridized carbons (Fsp3) is 0.200. The van der Waals surface area contributed by atoms with Gasteiger partial charge in [0.05, 0.1) is 0 Å². The molecule has 1 unspecified atom stereocenters. The molecule has 1 aliphatic heterocycles. The van der Waals surface area contributed by atoms with Gasteiger partial charge in [0.1, 0.15) is 11.6 Å². The fourth-order valence-corrected chi connectivity index (χ4v) is 3.65. The molecule has 5 nitrogen and oxygen atoms in total. The molecule has 1 N–H and O–H groups in total. The van der Waals surface area contributed by atoms with E-state index < -0.39 is 32.6 Å². The highest BCUT2D eigenvalue weighted by Gasteiger charge is 2.26. The number of halogens is 2. The fourth-order valence-electron chi connectivity index (χ4n) is 2.28. The molecule has 1 atom stereocenters. The van der Waals surface area contributed by atoms with Crippen molar-refractivity contribution in [2.45, 2.75) is 17.9 Å². The summed E-state index contributed by atoms with van der Waals surface area (Å²) in [4.78, 5) is -0.993. The van der Waals surface area contributed by atoms with Crippen molar-refractivity contribution in [2.24, 2.45) is 0 Å². The summed E-state index contributed by atoms with van der Waals surface area (Å²) in [7, 11) is -4.36. The zero-order valence-corrected chi connectivity index (χ0v) is 12.9. The minimum atomic E-state index is -4.36. The number of hydrogen-bond acceptors (Lipinski definition) is 4. The SMILES string of the molecule is CC(NS(=O)(=O)c1c(F)cccc1F)c1ccc2c(c1)OCO2. The molecule has 0 bridgehead atoms. The highest BCUT2D eigenvalue weighted by Crippen LogP contribution is 2.34. The van der Waals surface area contributed by atoms with Gasteiger partial charge in [-0.15, -0.1) is 0 Å². The number of fused-ring (bicyclic) bond motifs is 1. The molecule has 23 heavy (non-hydrogen) atoms. The lowest BCUT2D eigenvalue weighted by molar-refractivity contribution is 0.174. The van der Waals surface area contributed by atoms with E-state index in [1.54, 1.807) is 25.1 Å². The second kappa shape index (κ2) is 5.78. The molecule has 0 aliphatic carbocycles. The number of hydrogen-bond donors (Lipinski definition) is 1. The molecule has 1 heterocycles. The van der Waals surface area contributed by atoms with Gasteiger partial charge in [0.15, 0.2) is 16.4 Å². The molecular weight excluding hydrogens is 328 g/mol. The summed E-state index contributed by atoms with van der Waals surface area (Å²) in [6, 6.07) is 7.09. The Labute approximate surface area is 131 Å². The largest absolute Gasteiger partial charge is 0.454 e. The van der Waals surface area contributed by atoms with Gasteiger partial charge in [-0.3, -0.25) is 0 Å². The van der Waals surface area contributed by atoms with Crippen molar-refractivity contribution in [2.75, 3.05) is 6.79 Å². The van der Waals surface area contributed by atoms with Crippen LogP contribution in [0.4, 0.5) is 8.78 Å². The van der Waals surface area contributed by atoms with Crippen LogP contribution in [0.3, 0.4) is 0 Å². The molecule has 0 fully saturated rings. The molecule has 2 aromatic carbocycles. The maximum Gasteiger partial charge on any atom is 0.246 e. The first-order valence-electron chi connectivity index (χ1n) is 6.74. The third-order valence-electron chi connectivity index (χ3n) is 3.42. The Hall–Kier alpha value is -2.19. The molecule has 0 radical (unpaired) electrons. The summed E-state index contributed by atoms with van der Waals surface area (Å²) in [6.45, 7) is 1.66. The van der Waals surface area contributed by atoms with E-state index in [0.717, 1.165) is 18.2 Å². The lowest BCUT2D eigenvalue weighted by Gasteiger charge is -2.15. The van der Waals surface area contributed by atoms with E-state index in [2.05, 4.69) is 4.72 Å². The molecule has 0 saturated carbocycles. The molecule has 0 spiro atoms. The quantitative estimate of drug-likeness (QED) is 0.929. The van der Waals surface area contributed by atoms with E-state index in [0.29, 0.717) is 17.1 Å². The molecule has 8 heteroatoms. The van der Waals surface area contributed by atoms with E-state index in [-0.39, 0.29) is 6.79 Å².